The Morgan fingerprint density at radius 1 is 1.38 bits per heavy atom. The van der Waals surface area contributed by atoms with Crippen molar-refractivity contribution in [2.24, 2.45) is 0 Å². The van der Waals surface area contributed by atoms with Crippen molar-refractivity contribution < 1.29 is 4.79 Å². The summed E-state index contributed by atoms with van der Waals surface area (Å²) >= 11 is 12.1. The molecule has 0 aliphatic heterocycles. The van der Waals surface area contributed by atoms with Crippen LogP contribution in [0.5, 0.6) is 0 Å². The van der Waals surface area contributed by atoms with Gasteiger partial charge in [-0.2, -0.15) is 0 Å². The van der Waals surface area contributed by atoms with Gasteiger partial charge in [0.2, 0.25) is 0 Å². The van der Waals surface area contributed by atoms with Crippen molar-refractivity contribution in [1.82, 2.24) is 5.32 Å². The predicted octanol–water partition coefficient (Wildman–Crippen LogP) is 3.74. The van der Waals surface area contributed by atoms with Gasteiger partial charge in [-0.05, 0) is 34.1 Å². The second kappa shape index (κ2) is 7.09. The number of benzene rings is 1. The van der Waals surface area contributed by atoms with E-state index in [9.17, 15) is 4.79 Å². The summed E-state index contributed by atoms with van der Waals surface area (Å²) < 4.78 is 1.69. The monoisotopic (exact) mass is 365 g/mol. The largest absolute Gasteiger partial charge is 0.349 e. The molecular formula is C11H10Br2ClNO. The molecule has 1 aromatic rings. The molecule has 0 unspecified atom stereocenters. The highest BCUT2D eigenvalue weighted by Crippen LogP contribution is 2.21. The van der Waals surface area contributed by atoms with Crippen LogP contribution in [-0.2, 0) is 0 Å². The van der Waals surface area contributed by atoms with Crippen molar-refractivity contribution in [1.29, 1.82) is 0 Å². The van der Waals surface area contributed by atoms with Gasteiger partial charge in [0.15, 0.2) is 0 Å². The molecule has 1 N–H and O–H groups in total. The van der Waals surface area contributed by atoms with E-state index in [1.807, 2.05) is 18.2 Å². The zero-order chi connectivity index (χ0) is 12.0. The third kappa shape index (κ3) is 4.28. The molecule has 2 nitrogen and oxygen atoms in total. The molecule has 0 fully saturated rings. The molecule has 0 aliphatic carbocycles. The van der Waals surface area contributed by atoms with Crippen LogP contribution in [0, 0.1) is 0 Å². The molecule has 0 saturated heterocycles. The summed E-state index contributed by atoms with van der Waals surface area (Å²) in [5.74, 6) is 0.344. The van der Waals surface area contributed by atoms with E-state index in [0.717, 1.165) is 8.95 Å². The molecule has 0 bridgehead atoms. The van der Waals surface area contributed by atoms with Crippen LogP contribution in [0.3, 0.4) is 0 Å². The highest BCUT2D eigenvalue weighted by Gasteiger charge is 2.08. The molecule has 86 valence electrons. The van der Waals surface area contributed by atoms with Crippen LogP contribution in [0.1, 0.15) is 10.4 Å². The Kier molecular flexibility index (Phi) is 6.09. The van der Waals surface area contributed by atoms with Crippen LogP contribution >= 0.6 is 43.5 Å². The molecular weight excluding hydrogens is 357 g/mol. The topological polar surface area (TPSA) is 29.1 Å². The molecule has 0 atom stereocenters. The summed E-state index contributed by atoms with van der Waals surface area (Å²) in [5.41, 5.74) is 0.613. The second-order valence-corrected chi connectivity index (χ2v) is 5.04. The molecule has 0 heterocycles. The van der Waals surface area contributed by atoms with E-state index in [1.54, 1.807) is 12.1 Å². The highest BCUT2D eigenvalue weighted by molar-refractivity contribution is 9.11. The van der Waals surface area contributed by atoms with Gasteiger partial charge in [-0.3, -0.25) is 4.79 Å². The summed E-state index contributed by atoms with van der Waals surface area (Å²) in [6.07, 6.45) is 3.61. The van der Waals surface area contributed by atoms with Crippen LogP contribution in [0.2, 0.25) is 0 Å². The first-order valence-electron chi connectivity index (χ1n) is 4.59. The van der Waals surface area contributed by atoms with Crippen LogP contribution in [0.4, 0.5) is 0 Å². The van der Waals surface area contributed by atoms with E-state index in [2.05, 4.69) is 37.2 Å². The minimum absolute atomic E-state index is 0.112. The number of carbonyl (C=O) groups excluding carboxylic acids is 1. The molecule has 16 heavy (non-hydrogen) atoms. The van der Waals surface area contributed by atoms with Crippen molar-refractivity contribution in [2.75, 3.05) is 12.4 Å². The lowest BCUT2D eigenvalue weighted by atomic mass is 10.2. The number of hydrogen-bond acceptors (Lipinski definition) is 1. The van der Waals surface area contributed by atoms with Crippen LogP contribution < -0.4 is 5.32 Å². The molecule has 0 aromatic heterocycles. The van der Waals surface area contributed by atoms with Gasteiger partial charge in [-0.1, -0.05) is 28.1 Å². The Labute approximate surface area is 116 Å². The Hall–Kier alpha value is -0.320. The van der Waals surface area contributed by atoms with Crippen molar-refractivity contribution in [3.05, 3.63) is 44.9 Å². The normalized spacial score (nSPS) is 10.7. The molecule has 0 aliphatic rings. The molecule has 0 radical (unpaired) electrons. The van der Waals surface area contributed by atoms with E-state index in [-0.39, 0.29) is 5.91 Å². The van der Waals surface area contributed by atoms with Gasteiger partial charge in [-0.25, -0.2) is 0 Å². The highest BCUT2D eigenvalue weighted by atomic mass is 79.9. The van der Waals surface area contributed by atoms with E-state index in [1.165, 1.54) is 0 Å². The number of rotatable bonds is 4. The first kappa shape index (κ1) is 13.7. The van der Waals surface area contributed by atoms with Crippen molar-refractivity contribution >= 4 is 49.4 Å². The summed E-state index contributed by atoms with van der Waals surface area (Å²) in [7, 11) is 0. The first-order chi connectivity index (χ1) is 7.65. The van der Waals surface area contributed by atoms with Gasteiger partial charge in [0.05, 0.1) is 5.56 Å². The summed E-state index contributed by atoms with van der Waals surface area (Å²) in [6.45, 7) is 0.480. The Morgan fingerprint density at radius 3 is 2.75 bits per heavy atom. The first-order valence-corrected chi connectivity index (χ1v) is 6.71. The maximum absolute atomic E-state index is 11.7. The van der Waals surface area contributed by atoms with Gasteiger partial charge < -0.3 is 5.32 Å². The van der Waals surface area contributed by atoms with Gasteiger partial charge in [0.1, 0.15) is 0 Å². The number of allylic oxidation sites excluding steroid dienone is 1. The summed E-state index contributed by atoms with van der Waals surface area (Å²) in [6, 6.07) is 5.42. The zero-order valence-corrected chi connectivity index (χ0v) is 12.3. The molecule has 1 amide bonds. The van der Waals surface area contributed by atoms with Crippen molar-refractivity contribution in [2.45, 2.75) is 0 Å². The minimum Gasteiger partial charge on any atom is -0.349 e. The fourth-order valence-corrected chi connectivity index (χ4v) is 2.42. The zero-order valence-electron chi connectivity index (χ0n) is 8.34. The van der Waals surface area contributed by atoms with Crippen LogP contribution in [0.15, 0.2) is 39.3 Å². The van der Waals surface area contributed by atoms with Crippen molar-refractivity contribution in [3.8, 4) is 0 Å². The summed E-state index contributed by atoms with van der Waals surface area (Å²) in [4.78, 5) is 11.7. The Balaban J connectivity index is 2.63. The third-order valence-electron chi connectivity index (χ3n) is 1.81. The Morgan fingerprint density at radius 2 is 2.12 bits per heavy atom. The number of nitrogens with one attached hydrogen (secondary N) is 1. The lowest BCUT2D eigenvalue weighted by molar-refractivity contribution is 0.0957. The number of alkyl halides is 1. The smallest absolute Gasteiger partial charge is 0.252 e. The fraction of sp³-hybridized carbons (Fsp3) is 0.182. The van der Waals surface area contributed by atoms with Crippen LogP contribution in [0.25, 0.3) is 0 Å². The average molecular weight is 367 g/mol. The van der Waals surface area contributed by atoms with Gasteiger partial charge in [0, 0.05) is 21.4 Å². The number of amides is 1. The van der Waals surface area contributed by atoms with E-state index in [4.69, 9.17) is 11.6 Å². The quantitative estimate of drug-likeness (QED) is 0.638. The maximum atomic E-state index is 11.7. The Bertz CT molecular complexity index is 407. The number of halogens is 3. The van der Waals surface area contributed by atoms with E-state index >= 15 is 0 Å². The second-order valence-electron chi connectivity index (χ2n) is 2.96. The van der Waals surface area contributed by atoms with Gasteiger partial charge in [-0.15, -0.1) is 11.6 Å². The standard InChI is InChI=1S/C11H10Br2ClNO/c12-8-3-4-9(10(13)7-8)11(16)15-6-2-1-5-14/h1-4,7H,5-6H2,(H,15,16)/b2-1+. The van der Waals surface area contributed by atoms with Gasteiger partial charge >= 0.3 is 0 Å². The predicted molar refractivity (Wildman–Crippen MR) is 74.0 cm³/mol. The van der Waals surface area contributed by atoms with Crippen molar-refractivity contribution in [3.63, 3.8) is 0 Å². The van der Waals surface area contributed by atoms with E-state index < -0.39 is 0 Å². The molecule has 0 saturated carbocycles. The molecule has 0 spiro atoms. The molecule has 1 rings (SSSR count). The number of carbonyl (C=O) groups is 1. The minimum atomic E-state index is -0.112. The lowest BCUT2D eigenvalue weighted by Gasteiger charge is -2.05. The van der Waals surface area contributed by atoms with Gasteiger partial charge in [0.25, 0.3) is 5.91 Å². The number of hydrogen-bond donors (Lipinski definition) is 1. The summed E-state index contributed by atoms with van der Waals surface area (Å²) in [5, 5.41) is 2.76. The van der Waals surface area contributed by atoms with Crippen LogP contribution in [-0.4, -0.2) is 18.3 Å². The SMILES string of the molecule is O=C(NC/C=C/CCl)c1ccc(Br)cc1Br. The fourth-order valence-electron chi connectivity index (χ4n) is 1.07. The molecule has 5 heteroatoms. The lowest BCUT2D eigenvalue weighted by Crippen LogP contribution is -2.23. The molecule has 1 aromatic carbocycles. The third-order valence-corrected chi connectivity index (χ3v) is 3.14. The average Bonchev–Trinajstić information content (AvgIpc) is 2.24. The maximum Gasteiger partial charge on any atom is 0.252 e. The van der Waals surface area contributed by atoms with E-state index in [0.29, 0.717) is 18.0 Å².